The van der Waals surface area contributed by atoms with Gasteiger partial charge in [-0.2, -0.15) is 0 Å². The summed E-state index contributed by atoms with van der Waals surface area (Å²) in [4.78, 5) is 2.51. The second-order valence-electron chi connectivity index (χ2n) is 13.8. The number of rotatable bonds is 1. The maximum atomic E-state index is 6.98. The summed E-state index contributed by atoms with van der Waals surface area (Å²) >= 11 is 1.89. The predicted octanol–water partition coefficient (Wildman–Crippen LogP) is 9.60. The number of benzene rings is 5. The van der Waals surface area contributed by atoms with Crippen LogP contribution in [-0.2, 0) is 10.8 Å². The molecule has 0 N–H and O–H groups in total. The lowest BCUT2D eigenvalue weighted by atomic mass is 9.49. The minimum absolute atomic E-state index is 0.0271. The molecule has 0 unspecified atom stereocenters. The van der Waals surface area contributed by atoms with Gasteiger partial charge in [-0.3, -0.25) is 0 Å². The van der Waals surface area contributed by atoms with Gasteiger partial charge < -0.3 is 9.55 Å². The van der Waals surface area contributed by atoms with E-state index in [9.17, 15) is 0 Å². The standard InChI is InChI=1S/C38H34BNOS/c1-37(2,3)23-15-18-25(19-16-23)40-31-20-17-24(38(4,5)6)21-30(31)39-34-28(26-11-7-9-13-32(26)41-39)22-29-27-12-8-10-14-33(27)42-36(29)35(34)40/h7-22H,1-6H3. The SMILES string of the molecule is CC(C)(C)c1ccc(N2c3ccc(C(C)(C)C)cc3B3Oc4ccccc4-c4cc5c(sc6ccccc65)c2c43)cc1. The first kappa shape index (κ1) is 25.7. The highest BCUT2D eigenvalue weighted by Gasteiger charge is 2.44. The zero-order valence-corrected chi connectivity index (χ0v) is 25.9. The van der Waals surface area contributed by atoms with Crippen molar-refractivity contribution in [1.82, 2.24) is 0 Å². The Balaban J connectivity index is 1.51. The smallest absolute Gasteiger partial charge is 0.431 e. The lowest BCUT2D eigenvalue weighted by molar-refractivity contribution is 0.585. The van der Waals surface area contributed by atoms with Crippen molar-refractivity contribution in [2.45, 2.75) is 52.4 Å². The lowest BCUT2D eigenvalue weighted by Crippen LogP contribution is -2.56. The Bertz CT molecular complexity index is 2040. The zero-order valence-electron chi connectivity index (χ0n) is 25.1. The molecule has 0 atom stereocenters. The molecule has 0 spiro atoms. The molecule has 2 nitrogen and oxygen atoms in total. The zero-order chi connectivity index (χ0) is 29.0. The molecule has 0 bridgehead atoms. The van der Waals surface area contributed by atoms with Crippen LogP contribution in [0.1, 0.15) is 52.7 Å². The van der Waals surface area contributed by atoms with Crippen molar-refractivity contribution in [2.75, 3.05) is 4.90 Å². The molecule has 42 heavy (non-hydrogen) atoms. The van der Waals surface area contributed by atoms with Gasteiger partial charge in [-0.25, -0.2) is 0 Å². The summed E-state index contributed by atoms with van der Waals surface area (Å²) in [6, 6.07) is 36.0. The topological polar surface area (TPSA) is 12.5 Å². The average Bonchev–Trinajstić information content (AvgIpc) is 3.35. The maximum absolute atomic E-state index is 6.98. The highest BCUT2D eigenvalue weighted by Crippen LogP contribution is 2.50. The summed E-state index contributed by atoms with van der Waals surface area (Å²) < 4.78 is 9.61. The van der Waals surface area contributed by atoms with Gasteiger partial charge in [0, 0.05) is 37.9 Å². The van der Waals surface area contributed by atoms with Gasteiger partial charge in [0.25, 0.3) is 0 Å². The van der Waals surface area contributed by atoms with E-state index in [1.165, 1.54) is 70.4 Å². The molecule has 4 heteroatoms. The van der Waals surface area contributed by atoms with E-state index in [0.717, 1.165) is 5.75 Å². The van der Waals surface area contributed by atoms with Crippen molar-refractivity contribution in [2.24, 2.45) is 0 Å². The third-order valence-electron chi connectivity index (χ3n) is 9.00. The molecule has 0 aliphatic carbocycles. The van der Waals surface area contributed by atoms with Crippen molar-refractivity contribution in [3.05, 3.63) is 108 Å². The maximum Gasteiger partial charge on any atom is 0.431 e. The predicted molar refractivity (Wildman–Crippen MR) is 182 cm³/mol. The van der Waals surface area contributed by atoms with Crippen molar-refractivity contribution in [1.29, 1.82) is 0 Å². The van der Waals surface area contributed by atoms with Crippen molar-refractivity contribution in [3.8, 4) is 16.9 Å². The van der Waals surface area contributed by atoms with Gasteiger partial charge in [0.15, 0.2) is 0 Å². The molecule has 5 aromatic carbocycles. The third kappa shape index (κ3) is 3.71. The second kappa shape index (κ2) is 8.75. The monoisotopic (exact) mass is 563 g/mol. The Hall–Kier alpha value is -4.02. The second-order valence-corrected chi connectivity index (χ2v) is 14.9. The fourth-order valence-corrected chi connectivity index (χ4v) is 7.93. The fourth-order valence-electron chi connectivity index (χ4n) is 6.70. The normalized spacial score (nSPS) is 14.0. The van der Waals surface area contributed by atoms with Crippen LogP contribution in [0.5, 0.6) is 5.75 Å². The Labute approximate surface area is 252 Å². The molecule has 2 aliphatic heterocycles. The van der Waals surface area contributed by atoms with Gasteiger partial charge >= 0.3 is 6.92 Å². The lowest BCUT2D eigenvalue weighted by Gasteiger charge is -2.40. The van der Waals surface area contributed by atoms with E-state index in [0.29, 0.717) is 0 Å². The van der Waals surface area contributed by atoms with E-state index in [-0.39, 0.29) is 17.7 Å². The Kier molecular flexibility index (Phi) is 5.35. The Morgan fingerprint density at radius 3 is 2.12 bits per heavy atom. The summed E-state index contributed by atoms with van der Waals surface area (Å²) in [5.41, 5.74) is 11.3. The quantitative estimate of drug-likeness (QED) is 0.185. The molecule has 0 radical (unpaired) electrons. The van der Waals surface area contributed by atoms with Crippen LogP contribution in [0, 0.1) is 0 Å². The summed E-state index contributed by atoms with van der Waals surface area (Å²) in [5, 5.41) is 2.62. The van der Waals surface area contributed by atoms with Crippen LogP contribution in [0.4, 0.5) is 17.1 Å². The summed E-state index contributed by atoms with van der Waals surface area (Å²) in [6.45, 7) is 13.5. The molecule has 206 valence electrons. The molecule has 3 heterocycles. The highest BCUT2D eigenvalue weighted by atomic mass is 32.1. The molecular formula is C38H34BNOS. The first-order valence-electron chi connectivity index (χ1n) is 14.9. The Morgan fingerprint density at radius 2 is 1.36 bits per heavy atom. The van der Waals surface area contributed by atoms with E-state index in [1.807, 2.05) is 11.3 Å². The van der Waals surface area contributed by atoms with Gasteiger partial charge in [0.05, 0.1) is 10.4 Å². The molecule has 2 aliphatic rings. The first-order chi connectivity index (χ1) is 20.1. The largest absolute Gasteiger partial charge is 0.551 e. The molecular weight excluding hydrogens is 529 g/mol. The van der Waals surface area contributed by atoms with Gasteiger partial charge in [-0.1, -0.05) is 102 Å². The van der Waals surface area contributed by atoms with Gasteiger partial charge in [0.2, 0.25) is 0 Å². The number of nitrogens with zero attached hydrogens (tertiary/aromatic N) is 1. The Morgan fingerprint density at radius 1 is 0.667 bits per heavy atom. The van der Waals surface area contributed by atoms with E-state index >= 15 is 0 Å². The van der Waals surface area contributed by atoms with Crippen LogP contribution in [-0.4, -0.2) is 6.92 Å². The summed E-state index contributed by atoms with van der Waals surface area (Å²) in [7, 11) is 0. The summed E-state index contributed by atoms with van der Waals surface area (Å²) in [6.07, 6.45) is 0. The van der Waals surface area contributed by atoms with Gasteiger partial charge in [-0.15, -0.1) is 11.3 Å². The van der Waals surface area contributed by atoms with Crippen LogP contribution in [0.3, 0.4) is 0 Å². The van der Waals surface area contributed by atoms with Crippen LogP contribution in [0.15, 0.2) is 97.1 Å². The first-order valence-corrected chi connectivity index (χ1v) is 15.7. The van der Waals surface area contributed by atoms with Crippen molar-refractivity contribution < 1.29 is 4.65 Å². The number of thiophene rings is 1. The van der Waals surface area contributed by atoms with Crippen molar-refractivity contribution in [3.63, 3.8) is 0 Å². The van der Waals surface area contributed by atoms with Crippen LogP contribution in [0.25, 0.3) is 31.3 Å². The number of hydrogen-bond acceptors (Lipinski definition) is 3. The van der Waals surface area contributed by atoms with Crippen LogP contribution >= 0.6 is 11.3 Å². The van der Waals surface area contributed by atoms with Crippen LogP contribution < -0.4 is 20.5 Å². The number of para-hydroxylation sites is 1. The number of hydrogen-bond donors (Lipinski definition) is 0. The molecule has 1 aromatic heterocycles. The highest BCUT2D eigenvalue weighted by molar-refractivity contribution is 7.26. The van der Waals surface area contributed by atoms with E-state index in [1.54, 1.807) is 0 Å². The van der Waals surface area contributed by atoms with Gasteiger partial charge in [-0.05, 0) is 69.4 Å². The number of anilines is 3. The molecule has 0 fully saturated rings. The molecule has 0 amide bonds. The van der Waals surface area contributed by atoms with Crippen molar-refractivity contribution >= 4 is 66.4 Å². The van der Waals surface area contributed by atoms with E-state index < -0.39 is 0 Å². The minimum Gasteiger partial charge on any atom is -0.551 e. The van der Waals surface area contributed by atoms with Crippen LogP contribution in [0.2, 0.25) is 0 Å². The molecule has 0 saturated carbocycles. The fraction of sp³-hybridized carbons (Fsp3) is 0.211. The average molecular weight is 564 g/mol. The van der Waals surface area contributed by atoms with E-state index in [2.05, 4.69) is 144 Å². The summed E-state index contributed by atoms with van der Waals surface area (Å²) in [5.74, 6) is 0.954. The molecule has 8 rings (SSSR count). The molecule has 6 aromatic rings. The number of fused-ring (bicyclic) bond motifs is 8. The van der Waals surface area contributed by atoms with Gasteiger partial charge in [0.1, 0.15) is 5.75 Å². The minimum atomic E-state index is -0.179. The molecule has 0 saturated heterocycles. The third-order valence-corrected chi connectivity index (χ3v) is 10.2. The van der Waals surface area contributed by atoms with E-state index in [4.69, 9.17) is 4.65 Å².